The van der Waals surface area contributed by atoms with E-state index in [1.807, 2.05) is 18.2 Å². The Kier molecular flexibility index (Phi) is 5.93. The van der Waals surface area contributed by atoms with Crippen molar-refractivity contribution in [3.8, 4) is 5.75 Å². The molecule has 0 saturated heterocycles. The SMILES string of the molecule is COc1cccc(C2=Nc3cccnc3N(CC(=O)Nc3ccc(C)c(F)c3)C(=O)C2)c1. The molecule has 0 atom stereocenters. The number of hydrogen-bond donors (Lipinski definition) is 1. The van der Waals surface area contributed by atoms with Crippen molar-refractivity contribution in [2.45, 2.75) is 13.3 Å². The molecule has 1 aliphatic heterocycles. The van der Waals surface area contributed by atoms with Crippen molar-refractivity contribution in [3.63, 3.8) is 0 Å². The maximum atomic E-state index is 13.8. The van der Waals surface area contributed by atoms with Gasteiger partial charge in [0.1, 0.15) is 23.8 Å². The number of nitrogens with zero attached hydrogens (tertiary/aromatic N) is 3. The molecule has 0 unspecified atom stereocenters. The molecule has 0 saturated carbocycles. The van der Waals surface area contributed by atoms with E-state index in [0.717, 1.165) is 5.56 Å². The minimum Gasteiger partial charge on any atom is -0.497 e. The molecule has 1 aliphatic rings. The van der Waals surface area contributed by atoms with Gasteiger partial charge in [0.15, 0.2) is 5.82 Å². The van der Waals surface area contributed by atoms with Gasteiger partial charge in [0, 0.05) is 17.4 Å². The van der Waals surface area contributed by atoms with E-state index in [-0.39, 0.29) is 18.9 Å². The minimum absolute atomic E-state index is 0.0179. The highest BCUT2D eigenvalue weighted by molar-refractivity contribution is 6.18. The molecule has 0 radical (unpaired) electrons. The normalized spacial score (nSPS) is 13.2. The lowest BCUT2D eigenvalue weighted by Crippen LogP contribution is -2.39. The number of benzene rings is 2. The first-order valence-corrected chi connectivity index (χ1v) is 9.98. The van der Waals surface area contributed by atoms with Crippen molar-refractivity contribution >= 4 is 34.7 Å². The molecule has 2 aromatic carbocycles. The summed E-state index contributed by atoms with van der Waals surface area (Å²) >= 11 is 0. The monoisotopic (exact) mass is 432 g/mol. The fraction of sp³-hybridized carbons (Fsp3) is 0.167. The van der Waals surface area contributed by atoms with Crippen molar-refractivity contribution in [2.24, 2.45) is 4.99 Å². The maximum absolute atomic E-state index is 13.8. The number of rotatable bonds is 5. The Morgan fingerprint density at radius 1 is 1.19 bits per heavy atom. The Balaban J connectivity index is 1.60. The number of nitrogens with one attached hydrogen (secondary N) is 1. The van der Waals surface area contributed by atoms with E-state index in [1.54, 1.807) is 50.6 Å². The number of aryl methyl sites for hydroxylation is 1. The average molecular weight is 432 g/mol. The Bertz CT molecular complexity index is 1230. The molecular formula is C24H21FN4O3. The third-order valence-corrected chi connectivity index (χ3v) is 5.06. The summed E-state index contributed by atoms with van der Waals surface area (Å²) in [4.78, 5) is 36.0. The molecule has 4 rings (SSSR count). The van der Waals surface area contributed by atoms with Gasteiger partial charge in [-0.05, 0) is 48.9 Å². The number of methoxy groups -OCH3 is 1. The van der Waals surface area contributed by atoms with Crippen molar-refractivity contribution in [1.29, 1.82) is 0 Å². The first kappa shape index (κ1) is 21.2. The summed E-state index contributed by atoms with van der Waals surface area (Å²) in [6.45, 7) is 1.36. The van der Waals surface area contributed by atoms with Crippen LogP contribution >= 0.6 is 0 Å². The second-order valence-electron chi connectivity index (χ2n) is 7.31. The van der Waals surface area contributed by atoms with Crippen molar-refractivity contribution in [1.82, 2.24) is 4.98 Å². The average Bonchev–Trinajstić information content (AvgIpc) is 2.93. The van der Waals surface area contributed by atoms with Crippen LogP contribution in [0.25, 0.3) is 0 Å². The number of carbonyl (C=O) groups is 2. The van der Waals surface area contributed by atoms with Crippen LogP contribution in [0.5, 0.6) is 5.75 Å². The zero-order valence-electron chi connectivity index (χ0n) is 17.6. The van der Waals surface area contributed by atoms with E-state index >= 15 is 0 Å². The first-order chi connectivity index (χ1) is 15.4. The van der Waals surface area contributed by atoms with Crippen LogP contribution in [0.2, 0.25) is 0 Å². The van der Waals surface area contributed by atoms with Gasteiger partial charge in [0.05, 0.1) is 19.2 Å². The van der Waals surface area contributed by atoms with Gasteiger partial charge < -0.3 is 10.1 Å². The maximum Gasteiger partial charge on any atom is 0.244 e. The summed E-state index contributed by atoms with van der Waals surface area (Å²) in [7, 11) is 1.57. The lowest BCUT2D eigenvalue weighted by Gasteiger charge is -2.20. The molecular weight excluding hydrogens is 411 g/mol. The first-order valence-electron chi connectivity index (χ1n) is 9.98. The largest absolute Gasteiger partial charge is 0.497 e. The van der Waals surface area contributed by atoms with Crippen LogP contribution in [0.1, 0.15) is 17.5 Å². The Hall–Kier alpha value is -4.07. The molecule has 0 spiro atoms. The van der Waals surface area contributed by atoms with E-state index in [0.29, 0.717) is 34.2 Å². The number of amides is 2. The van der Waals surface area contributed by atoms with Crippen LogP contribution in [0.4, 0.5) is 21.6 Å². The number of hydrogen-bond acceptors (Lipinski definition) is 5. The summed E-state index contributed by atoms with van der Waals surface area (Å²) < 4.78 is 19.1. The van der Waals surface area contributed by atoms with Gasteiger partial charge in [-0.1, -0.05) is 18.2 Å². The predicted molar refractivity (Wildman–Crippen MR) is 120 cm³/mol. The van der Waals surface area contributed by atoms with Crippen LogP contribution in [-0.2, 0) is 9.59 Å². The van der Waals surface area contributed by atoms with E-state index in [4.69, 9.17) is 4.74 Å². The zero-order chi connectivity index (χ0) is 22.7. The summed E-state index contributed by atoms with van der Waals surface area (Å²) in [6, 6.07) is 15.2. The number of halogens is 1. The van der Waals surface area contributed by atoms with Crippen LogP contribution in [0, 0.1) is 12.7 Å². The summed E-state index contributed by atoms with van der Waals surface area (Å²) in [5.41, 5.74) is 2.56. The summed E-state index contributed by atoms with van der Waals surface area (Å²) in [5.74, 6) is -0.273. The quantitative estimate of drug-likeness (QED) is 0.660. The van der Waals surface area contributed by atoms with E-state index in [1.165, 1.54) is 11.0 Å². The van der Waals surface area contributed by atoms with Crippen LogP contribution in [0.15, 0.2) is 65.8 Å². The van der Waals surface area contributed by atoms with Gasteiger partial charge in [0.2, 0.25) is 11.8 Å². The van der Waals surface area contributed by atoms with E-state index in [2.05, 4.69) is 15.3 Å². The molecule has 0 bridgehead atoms. The van der Waals surface area contributed by atoms with Gasteiger partial charge in [-0.3, -0.25) is 14.5 Å². The zero-order valence-corrected chi connectivity index (χ0v) is 17.6. The number of fused-ring (bicyclic) bond motifs is 1. The highest BCUT2D eigenvalue weighted by Gasteiger charge is 2.28. The third kappa shape index (κ3) is 4.49. The van der Waals surface area contributed by atoms with Gasteiger partial charge in [-0.2, -0.15) is 0 Å². The Morgan fingerprint density at radius 3 is 2.81 bits per heavy atom. The molecule has 1 N–H and O–H groups in total. The smallest absolute Gasteiger partial charge is 0.244 e. The molecule has 0 aliphatic carbocycles. The third-order valence-electron chi connectivity index (χ3n) is 5.06. The van der Waals surface area contributed by atoms with Gasteiger partial charge >= 0.3 is 0 Å². The van der Waals surface area contributed by atoms with Crippen molar-refractivity contribution in [3.05, 3.63) is 77.7 Å². The number of anilines is 2. The molecule has 3 aromatic rings. The number of aromatic nitrogens is 1. The number of aliphatic imine (C=N–C) groups is 1. The van der Waals surface area contributed by atoms with Crippen LogP contribution in [-0.4, -0.2) is 36.2 Å². The molecule has 7 nitrogen and oxygen atoms in total. The summed E-state index contributed by atoms with van der Waals surface area (Å²) in [5, 5.41) is 2.63. The fourth-order valence-corrected chi connectivity index (χ4v) is 3.37. The predicted octanol–water partition coefficient (Wildman–Crippen LogP) is 4.03. The second kappa shape index (κ2) is 8.97. The van der Waals surface area contributed by atoms with Crippen molar-refractivity contribution < 1.29 is 18.7 Å². The lowest BCUT2D eigenvalue weighted by molar-refractivity contribution is -0.120. The molecule has 2 amide bonds. The topological polar surface area (TPSA) is 83.9 Å². The number of ether oxygens (including phenoxy) is 1. The molecule has 1 aromatic heterocycles. The highest BCUT2D eigenvalue weighted by atomic mass is 19.1. The van der Waals surface area contributed by atoms with Gasteiger partial charge in [0.25, 0.3) is 0 Å². The summed E-state index contributed by atoms with van der Waals surface area (Å²) in [6.07, 6.45) is 1.52. The molecule has 32 heavy (non-hydrogen) atoms. The molecule has 2 heterocycles. The molecule has 0 fully saturated rings. The van der Waals surface area contributed by atoms with Crippen molar-refractivity contribution in [2.75, 3.05) is 23.9 Å². The van der Waals surface area contributed by atoms with Crippen LogP contribution in [0.3, 0.4) is 0 Å². The van der Waals surface area contributed by atoms with Crippen LogP contribution < -0.4 is 15.0 Å². The van der Waals surface area contributed by atoms with E-state index < -0.39 is 11.7 Å². The highest BCUT2D eigenvalue weighted by Crippen LogP contribution is 2.31. The second-order valence-corrected chi connectivity index (χ2v) is 7.31. The Morgan fingerprint density at radius 2 is 2.03 bits per heavy atom. The minimum atomic E-state index is -0.469. The van der Waals surface area contributed by atoms with Gasteiger partial charge in [-0.15, -0.1) is 0 Å². The fourth-order valence-electron chi connectivity index (χ4n) is 3.37. The van der Waals surface area contributed by atoms with E-state index in [9.17, 15) is 14.0 Å². The number of pyridine rings is 1. The molecule has 8 heteroatoms. The lowest BCUT2D eigenvalue weighted by atomic mass is 10.1. The van der Waals surface area contributed by atoms with Gasteiger partial charge in [-0.25, -0.2) is 14.4 Å². The number of carbonyl (C=O) groups excluding carboxylic acids is 2. The standard InChI is InChI=1S/C24H21FN4O3/c1-15-8-9-17(12-19(15)25)27-22(30)14-29-23(31)13-21(16-5-3-6-18(11-16)32-2)28-20-7-4-10-26-24(20)29/h3-12H,13-14H2,1-2H3,(H,27,30). The Labute approximate surface area is 184 Å². The molecule has 162 valence electrons.